The molecule has 2 aromatic carbocycles. The number of nitrogens with two attached hydrogens (primary N) is 1. The summed E-state index contributed by atoms with van der Waals surface area (Å²) in [5.74, 6) is -1.47. The zero-order chi connectivity index (χ0) is 22.5. The van der Waals surface area contributed by atoms with Crippen molar-refractivity contribution in [2.45, 2.75) is 33.2 Å². The summed E-state index contributed by atoms with van der Waals surface area (Å²) in [5.41, 5.74) is 8.17. The van der Waals surface area contributed by atoms with Crippen LogP contribution in [0.2, 0.25) is 0 Å². The zero-order valence-electron chi connectivity index (χ0n) is 17.5. The summed E-state index contributed by atoms with van der Waals surface area (Å²) >= 11 is 0. The first-order chi connectivity index (χ1) is 14.9. The lowest BCUT2D eigenvalue weighted by molar-refractivity contribution is -0.143. The maximum Gasteiger partial charge on any atom is 0.270 e. The Morgan fingerprint density at radius 3 is 2.74 bits per heavy atom. The van der Waals surface area contributed by atoms with E-state index in [4.69, 9.17) is 15.9 Å². The van der Waals surface area contributed by atoms with Crippen molar-refractivity contribution in [2.24, 2.45) is 5.73 Å². The normalized spacial score (nSPS) is 13.6. The Morgan fingerprint density at radius 1 is 1.32 bits per heavy atom. The van der Waals surface area contributed by atoms with E-state index in [9.17, 15) is 14.0 Å². The number of benzene rings is 2. The number of anilines is 1. The SMILES string of the molecule is CCNc1cc(C(=N)N)ccc1CNC(=O)[C@H](OCC)N1Cc2c(F)cccc2C1=O. The minimum atomic E-state index is -1.18. The average Bonchev–Trinajstić information content (AvgIpc) is 3.08. The molecule has 1 aliphatic heterocycles. The van der Waals surface area contributed by atoms with E-state index in [0.717, 1.165) is 11.3 Å². The van der Waals surface area contributed by atoms with E-state index in [-0.39, 0.29) is 36.7 Å². The number of nitrogens with zero attached hydrogens (tertiary/aromatic N) is 1. The average molecular weight is 427 g/mol. The smallest absolute Gasteiger partial charge is 0.270 e. The van der Waals surface area contributed by atoms with Crippen LogP contribution in [0.15, 0.2) is 36.4 Å². The Labute approximate surface area is 180 Å². The highest BCUT2D eigenvalue weighted by atomic mass is 19.1. The summed E-state index contributed by atoms with van der Waals surface area (Å²) in [6.45, 7) is 4.65. The van der Waals surface area contributed by atoms with Gasteiger partial charge in [0.1, 0.15) is 11.7 Å². The molecule has 5 N–H and O–H groups in total. The first kappa shape index (κ1) is 22.2. The highest BCUT2D eigenvalue weighted by Gasteiger charge is 2.38. The molecule has 0 saturated heterocycles. The summed E-state index contributed by atoms with van der Waals surface area (Å²) in [5, 5.41) is 13.6. The van der Waals surface area contributed by atoms with Gasteiger partial charge in [-0.25, -0.2) is 4.39 Å². The molecule has 0 bridgehead atoms. The number of amides is 2. The maximum atomic E-state index is 14.1. The van der Waals surface area contributed by atoms with Crippen LogP contribution in [-0.4, -0.2) is 41.9 Å². The molecule has 0 radical (unpaired) electrons. The number of nitrogen functional groups attached to an aromatic ring is 1. The molecule has 0 aliphatic carbocycles. The molecule has 3 rings (SSSR count). The molecule has 2 aromatic rings. The van der Waals surface area contributed by atoms with E-state index in [1.807, 2.05) is 6.92 Å². The Hall–Kier alpha value is -3.46. The molecule has 0 saturated carbocycles. The molecule has 31 heavy (non-hydrogen) atoms. The minimum Gasteiger partial charge on any atom is -0.385 e. The van der Waals surface area contributed by atoms with Crippen LogP contribution >= 0.6 is 0 Å². The predicted molar refractivity (Wildman–Crippen MR) is 115 cm³/mol. The number of hydrogen-bond donors (Lipinski definition) is 4. The fourth-order valence-electron chi connectivity index (χ4n) is 3.49. The van der Waals surface area contributed by atoms with E-state index in [1.54, 1.807) is 31.2 Å². The van der Waals surface area contributed by atoms with Gasteiger partial charge in [-0.3, -0.25) is 15.0 Å². The Bertz CT molecular complexity index is 1010. The van der Waals surface area contributed by atoms with Gasteiger partial charge in [-0.1, -0.05) is 18.2 Å². The number of hydrogen-bond acceptors (Lipinski definition) is 5. The second-order valence-electron chi connectivity index (χ2n) is 7.04. The van der Waals surface area contributed by atoms with Gasteiger partial charge in [0, 0.05) is 42.1 Å². The molecule has 0 spiro atoms. The molecule has 8 nitrogen and oxygen atoms in total. The van der Waals surface area contributed by atoms with Crippen LogP contribution in [0.5, 0.6) is 0 Å². The second kappa shape index (κ2) is 9.57. The lowest BCUT2D eigenvalue weighted by atomic mass is 10.1. The van der Waals surface area contributed by atoms with Crippen LogP contribution in [0, 0.1) is 11.2 Å². The van der Waals surface area contributed by atoms with Crippen LogP contribution in [0.1, 0.15) is 40.9 Å². The summed E-state index contributed by atoms with van der Waals surface area (Å²) < 4.78 is 19.7. The first-order valence-electron chi connectivity index (χ1n) is 10.1. The van der Waals surface area contributed by atoms with Gasteiger partial charge < -0.3 is 26.0 Å². The van der Waals surface area contributed by atoms with Crippen molar-refractivity contribution < 1.29 is 18.7 Å². The fourth-order valence-corrected chi connectivity index (χ4v) is 3.49. The molecule has 1 atom stereocenters. The number of amidine groups is 1. The van der Waals surface area contributed by atoms with Gasteiger partial charge in [0.15, 0.2) is 0 Å². The van der Waals surface area contributed by atoms with Crippen LogP contribution in [0.25, 0.3) is 0 Å². The largest absolute Gasteiger partial charge is 0.385 e. The third-order valence-electron chi connectivity index (χ3n) is 5.01. The van der Waals surface area contributed by atoms with Crippen molar-refractivity contribution in [3.8, 4) is 0 Å². The van der Waals surface area contributed by atoms with E-state index in [2.05, 4.69) is 10.6 Å². The quantitative estimate of drug-likeness (QED) is 0.361. The second-order valence-corrected chi connectivity index (χ2v) is 7.04. The van der Waals surface area contributed by atoms with Crippen molar-refractivity contribution in [1.82, 2.24) is 10.2 Å². The monoisotopic (exact) mass is 427 g/mol. The summed E-state index contributed by atoms with van der Waals surface area (Å²) in [4.78, 5) is 26.9. The topological polar surface area (TPSA) is 121 Å². The van der Waals surface area contributed by atoms with E-state index < -0.39 is 23.9 Å². The number of carbonyl (C=O) groups excluding carboxylic acids is 2. The number of fused-ring (bicyclic) bond motifs is 1. The van der Waals surface area contributed by atoms with Gasteiger partial charge in [0.25, 0.3) is 11.8 Å². The Morgan fingerprint density at radius 2 is 2.10 bits per heavy atom. The van der Waals surface area contributed by atoms with Crippen molar-refractivity contribution >= 4 is 23.3 Å². The molecule has 0 fully saturated rings. The van der Waals surface area contributed by atoms with Gasteiger partial charge in [-0.2, -0.15) is 0 Å². The lowest BCUT2D eigenvalue weighted by Gasteiger charge is -2.26. The number of ether oxygens (including phenoxy) is 1. The summed E-state index contributed by atoms with van der Waals surface area (Å²) in [6, 6.07) is 9.53. The number of nitrogens with one attached hydrogen (secondary N) is 3. The standard InChI is InChI=1S/C22H26FN5O3/c1-3-26-18-10-13(19(24)25)8-9-14(18)11-27-20(29)22(31-4-2)28-12-16-15(21(28)30)6-5-7-17(16)23/h5-10,22,26H,3-4,11-12H2,1-2H3,(H3,24,25)(H,27,29)/t22-/m0/s1. The molecular formula is C22H26FN5O3. The third kappa shape index (κ3) is 4.66. The third-order valence-corrected chi connectivity index (χ3v) is 5.01. The summed E-state index contributed by atoms with van der Waals surface area (Å²) in [6.07, 6.45) is -1.18. The lowest BCUT2D eigenvalue weighted by Crippen LogP contribution is -2.48. The predicted octanol–water partition coefficient (Wildman–Crippen LogP) is 2.18. The highest BCUT2D eigenvalue weighted by molar-refractivity contribution is 6.01. The van der Waals surface area contributed by atoms with Crippen molar-refractivity contribution in [1.29, 1.82) is 5.41 Å². The van der Waals surface area contributed by atoms with Crippen LogP contribution in [0.4, 0.5) is 10.1 Å². The van der Waals surface area contributed by atoms with E-state index in [1.165, 1.54) is 17.0 Å². The molecule has 1 aliphatic rings. The van der Waals surface area contributed by atoms with Crippen LogP contribution in [0.3, 0.4) is 0 Å². The zero-order valence-corrected chi connectivity index (χ0v) is 17.5. The van der Waals surface area contributed by atoms with Crippen LogP contribution < -0.4 is 16.4 Å². The summed E-state index contributed by atoms with van der Waals surface area (Å²) in [7, 11) is 0. The Balaban J connectivity index is 1.76. The first-order valence-corrected chi connectivity index (χ1v) is 10.1. The molecule has 9 heteroatoms. The van der Waals surface area contributed by atoms with E-state index in [0.29, 0.717) is 12.1 Å². The van der Waals surface area contributed by atoms with Crippen LogP contribution in [-0.2, 0) is 22.6 Å². The highest BCUT2D eigenvalue weighted by Crippen LogP contribution is 2.27. The van der Waals surface area contributed by atoms with Gasteiger partial charge >= 0.3 is 0 Å². The molecule has 1 heterocycles. The molecular weight excluding hydrogens is 401 g/mol. The number of halogens is 1. The van der Waals surface area contributed by atoms with Gasteiger partial charge in [0.05, 0.1) is 6.54 Å². The molecule has 164 valence electrons. The Kier molecular flexibility index (Phi) is 6.86. The van der Waals surface area contributed by atoms with Crippen molar-refractivity contribution in [3.05, 3.63) is 64.5 Å². The van der Waals surface area contributed by atoms with E-state index >= 15 is 0 Å². The number of carbonyl (C=O) groups is 2. The van der Waals surface area contributed by atoms with Gasteiger partial charge in [-0.05, 0) is 37.6 Å². The van der Waals surface area contributed by atoms with Gasteiger partial charge in [0.2, 0.25) is 6.23 Å². The van der Waals surface area contributed by atoms with Gasteiger partial charge in [-0.15, -0.1) is 0 Å². The minimum absolute atomic E-state index is 0.0329. The molecule has 0 aromatic heterocycles. The molecule has 2 amide bonds. The maximum absolute atomic E-state index is 14.1. The number of rotatable bonds is 9. The fraction of sp³-hybridized carbons (Fsp3) is 0.318. The van der Waals surface area contributed by atoms with Crippen molar-refractivity contribution in [3.63, 3.8) is 0 Å². The molecule has 0 unspecified atom stereocenters. The van der Waals surface area contributed by atoms with Crippen molar-refractivity contribution in [2.75, 3.05) is 18.5 Å².